The summed E-state index contributed by atoms with van der Waals surface area (Å²) in [5.41, 5.74) is 1.09. The maximum Gasteiger partial charge on any atom is 0.241 e. The van der Waals surface area contributed by atoms with Crippen molar-refractivity contribution in [3.8, 4) is 0 Å². The number of benzene rings is 1. The highest BCUT2D eigenvalue weighted by Gasteiger charge is 2.08. The fourth-order valence-corrected chi connectivity index (χ4v) is 1.41. The van der Waals surface area contributed by atoms with Crippen molar-refractivity contribution < 1.29 is 4.79 Å². The second-order valence-electron chi connectivity index (χ2n) is 3.12. The first-order valence-corrected chi connectivity index (χ1v) is 5.33. The lowest BCUT2D eigenvalue weighted by atomic mass is 10.2. The number of hydrogen-bond acceptors (Lipinski definition) is 1. The average molecular weight is 224 g/mol. The molecule has 1 aromatic carbocycles. The molecule has 0 saturated carbocycles. The zero-order valence-electron chi connectivity index (χ0n) is 8.69. The highest BCUT2D eigenvalue weighted by molar-refractivity contribution is 6.27. The average Bonchev–Trinajstić information content (AvgIpc) is 2.29. The molecule has 0 aliphatic heterocycles. The molecule has 0 unspecified atom stereocenters. The summed E-state index contributed by atoms with van der Waals surface area (Å²) in [6, 6.07) is 9.82. The molecule has 1 amide bonds. The summed E-state index contributed by atoms with van der Waals surface area (Å²) in [5, 5.41) is 0. The van der Waals surface area contributed by atoms with E-state index in [1.165, 1.54) is 0 Å². The van der Waals surface area contributed by atoms with Gasteiger partial charge in [0.15, 0.2) is 0 Å². The van der Waals surface area contributed by atoms with E-state index in [9.17, 15) is 4.79 Å². The predicted octanol–water partition coefficient (Wildman–Crippen LogP) is 2.79. The Morgan fingerprint density at radius 2 is 2.07 bits per heavy atom. The third kappa shape index (κ3) is 3.76. The van der Waals surface area contributed by atoms with Crippen molar-refractivity contribution in [2.75, 3.05) is 5.88 Å². The molecular weight excluding hydrogens is 210 g/mol. The van der Waals surface area contributed by atoms with Gasteiger partial charge in [0.05, 0.1) is 6.54 Å². The van der Waals surface area contributed by atoms with Crippen LogP contribution in [-0.4, -0.2) is 16.7 Å². The van der Waals surface area contributed by atoms with Crippen molar-refractivity contribution in [2.24, 2.45) is 0 Å². The molecule has 1 rings (SSSR count). The van der Waals surface area contributed by atoms with E-state index in [1.54, 1.807) is 11.1 Å². The lowest BCUT2D eigenvalue weighted by Crippen LogP contribution is -2.26. The zero-order chi connectivity index (χ0) is 11.1. The summed E-state index contributed by atoms with van der Waals surface area (Å²) in [6.07, 6.45) is 3.57. The molecule has 0 spiro atoms. The number of allylic oxidation sites excluding steroid dienone is 1. The van der Waals surface area contributed by atoms with Crippen LogP contribution in [0.2, 0.25) is 0 Å². The molecule has 0 heterocycles. The first kappa shape index (κ1) is 11.8. The van der Waals surface area contributed by atoms with Crippen molar-refractivity contribution in [2.45, 2.75) is 13.5 Å². The molecule has 15 heavy (non-hydrogen) atoms. The first-order valence-electron chi connectivity index (χ1n) is 4.80. The highest BCUT2D eigenvalue weighted by atomic mass is 35.5. The quantitative estimate of drug-likeness (QED) is 0.719. The van der Waals surface area contributed by atoms with Crippen molar-refractivity contribution >= 4 is 17.5 Å². The molecule has 0 aliphatic carbocycles. The van der Waals surface area contributed by atoms with Gasteiger partial charge in [0.2, 0.25) is 5.91 Å². The smallest absolute Gasteiger partial charge is 0.241 e. The Kier molecular flexibility index (Phi) is 4.91. The Morgan fingerprint density at radius 3 is 2.60 bits per heavy atom. The summed E-state index contributed by atoms with van der Waals surface area (Å²) >= 11 is 5.52. The molecule has 3 heteroatoms. The first-order chi connectivity index (χ1) is 7.27. The summed E-state index contributed by atoms with van der Waals surface area (Å²) in [4.78, 5) is 13.1. The van der Waals surface area contributed by atoms with Gasteiger partial charge in [0, 0.05) is 6.20 Å². The molecule has 0 atom stereocenters. The molecule has 0 bridgehead atoms. The lowest BCUT2D eigenvalue weighted by Gasteiger charge is -2.16. The second kappa shape index (κ2) is 6.25. The van der Waals surface area contributed by atoms with Crippen LogP contribution in [-0.2, 0) is 11.3 Å². The van der Waals surface area contributed by atoms with Crippen molar-refractivity contribution in [1.29, 1.82) is 0 Å². The molecule has 0 aromatic heterocycles. The largest absolute Gasteiger partial charge is 0.314 e. The van der Waals surface area contributed by atoms with Crippen LogP contribution >= 0.6 is 11.6 Å². The number of alkyl halides is 1. The van der Waals surface area contributed by atoms with Crippen molar-refractivity contribution in [1.82, 2.24) is 4.90 Å². The van der Waals surface area contributed by atoms with Crippen LogP contribution in [0.4, 0.5) is 0 Å². The van der Waals surface area contributed by atoms with E-state index >= 15 is 0 Å². The van der Waals surface area contributed by atoms with E-state index in [4.69, 9.17) is 11.6 Å². The molecule has 0 radical (unpaired) electrons. The number of amides is 1. The maximum atomic E-state index is 11.4. The van der Waals surface area contributed by atoms with Gasteiger partial charge < -0.3 is 4.90 Å². The van der Waals surface area contributed by atoms with Crippen LogP contribution in [0.1, 0.15) is 12.5 Å². The fraction of sp³-hybridized carbons (Fsp3) is 0.250. The number of halogens is 1. The molecule has 0 aliphatic rings. The van der Waals surface area contributed by atoms with Crippen LogP contribution < -0.4 is 0 Å². The van der Waals surface area contributed by atoms with Crippen LogP contribution in [0.5, 0.6) is 0 Å². The molecule has 0 N–H and O–H groups in total. The van der Waals surface area contributed by atoms with Gasteiger partial charge in [0.25, 0.3) is 0 Å². The second-order valence-corrected chi connectivity index (χ2v) is 3.39. The molecule has 2 nitrogen and oxygen atoms in total. The standard InChI is InChI=1S/C12H14ClNO/c1-2-8-14(12(15)9-13)10-11-6-4-3-5-7-11/h2-8H,9-10H2,1H3. The van der Waals surface area contributed by atoms with Gasteiger partial charge in [-0.25, -0.2) is 0 Å². The van der Waals surface area contributed by atoms with Crippen molar-refractivity contribution in [3.05, 3.63) is 48.2 Å². The molecule has 0 saturated heterocycles. The lowest BCUT2D eigenvalue weighted by molar-refractivity contribution is -0.126. The SMILES string of the molecule is CC=CN(Cc1ccccc1)C(=O)CCl. The van der Waals surface area contributed by atoms with E-state index in [0.717, 1.165) is 5.56 Å². The van der Waals surface area contributed by atoms with E-state index in [0.29, 0.717) is 6.54 Å². The third-order valence-electron chi connectivity index (χ3n) is 1.96. The normalized spacial score (nSPS) is 10.5. The number of carbonyl (C=O) groups excluding carboxylic acids is 1. The van der Waals surface area contributed by atoms with Gasteiger partial charge in [-0.2, -0.15) is 0 Å². The fourth-order valence-electron chi connectivity index (χ4n) is 1.26. The van der Waals surface area contributed by atoms with Gasteiger partial charge in [-0.15, -0.1) is 11.6 Å². The Balaban J connectivity index is 2.71. The Bertz CT molecular complexity index is 335. The topological polar surface area (TPSA) is 20.3 Å². The number of carbonyl (C=O) groups is 1. The molecule has 0 fully saturated rings. The molecule has 80 valence electrons. The monoisotopic (exact) mass is 223 g/mol. The Morgan fingerprint density at radius 1 is 1.40 bits per heavy atom. The molecule has 1 aromatic rings. The predicted molar refractivity (Wildman–Crippen MR) is 62.5 cm³/mol. The zero-order valence-corrected chi connectivity index (χ0v) is 9.45. The van der Waals surface area contributed by atoms with Gasteiger partial charge in [-0.3, -0.25) is 4.79 Å². The van der Waals surface area contributed by atoms with Gasteiger partial charge >= 0.3 is 0 Å². The minimum atomic E-state index is -0.0846. The summed E-state index contributed by atoms with van der Waals surface area (Å²) in [7, 11) is 0. The van der Waals surface area contributed by atoms with Gasteiger partial charge in [-0.1, -0.05) is 36.4 Å². The van der Waals surface area contributed by atoms with Crippen LogP contribution in [0, 0.1) is 0 Å². The summed E-state index contributed by atoms with van der Waals surface area (Å²) in [5.74, 6) is -0.0735. The van der Waals surface area contributed by atoms with Crippen LogP contribution in [0.15, 0.2) is 42.6 Å². The molecular formula is C12H14ClNO. The van der Waals surface area contributed by atoms with E-state index in [1.807, 2.05) is 43.3 Å². The van der Waals surface area contributed by atoms with Gasteiger partial charge in [0.1, 0.15) is 5.88 Å². The van der Waals surface area contributed by atoms with Gasteiger partial charge in [-0.05, 0) is 12.5 Å². The summed E-state index contributed by atoms with van der Waals surface area (Å²) in [6.45, 7) is 2.44. The number of rotatable bonds is 4. The minimum Gasteiger partial charge on any atom is -0.314 e. The highest BCUT2D eigenvalue weighted by Crippen LogP contribution is 2.05. The summed E-state index contributed by atoms with van der Waals surface area (Å²) < 4.78 is 0. The van der Waals surface area contributed by atoms with E-state index in [2.05, 4.69) is 0 Å². The van der Waals surface area contributed by atoms with Crippen molar-refractivity contribution in [3.63, 3.8) is 0 Å². The van der Waals surface area contributed by atoms with Crippen LogP contribution in [0.3, 0.4) is 0 Å². The Labute approximate surface area is 95.2 Å². The van der Waals surface area contributed by atoms with E-state index in [-0.39, 0.29) is 11.8 Å². The number of hydrogen-bond donors (Lipinski definition) is 0. The maximum absolute atomic E-state index is 11.4. The number of nitrogens with zero attached hydrogens (tertiary/aromatic N) is 1. The van der Waals surface area contributed by atoms with Crippen LogP contribution in [0.25, 0.3) is 0 Å². The minimum absolute atomic E-state index is 0.0111. The Hall–Kier alpha value is -1.28. The van der Waals surface area contributed by atoms with E-state index < -0.39 is 0 Å². The third-order valence-corrected chi connectivity index (χ3v) is 2.19.